The number of halogens is 4. The molecule has 0 saturated carbocycles. The molecule has 8 nitrogen and oxygen atoms in total. The number of nitriles is 1. The molecule has 13 heteroatoms. The Balaban J connectivity index is 1.66. The van der Waals surface area contributed by atoms with E-state index in [1.807, 2.05) is 6.07 Å². The van der Waals surface area contributed by atoms with Crippen LogP contribution in [0.25, 0.3) is 11.3 Å². The van der Waals surface area contributed by atoms with Crippen molar-refractivity contribution in [3.05, 3.63) is 63.8 Å². The molecule has 0 spiro atoms. The molecule has 5 atom stereocenters. The highest BCUT2D eigenvalue weighted by Crippen LogP contribution is 2.40. The number of nitrogens with zero attached hydrogens (tertiary/aromatic N) is 4. The van der Waals surface area contributed by atoms with E-state index >= 15 is 0 Å². The number of thioether (sulfide) groups is 1. The lowest BCUT2D eigenvalue weighted by Crippen LogP contribution is -2.55. The van der Waals surface area contributed by atoms with Crippen LogP contribution in [0.5, 0.6) is 0 Å². The second-order valence-electron chi connectivity index (χ2n) is 7.41. The van der Waals surface area contributed by atoms with Crippen molar-refractivity contribution in [1.82, 2.24) is 15.0 Å². The van der Waals surface area contributed by atoms with Crippen LogP contribution in [-0.4, -0.2) is 60.7 Å². The highest BCUT2D eigenvalue weighted by atomic mass is 35.5. The van der Waals surface area contributed by atoms with Crippen molar-refractivity contribution in [3.63, 3.8) is 0 Å². The minimum atomic E-state index is -1.40. The highest BCUT2D eigenvalue weighted by Gasteiger charge is 2.46. The maximum absolute atomic E-state index is 13.9. The van der Waals surface area contributed by atoms with E-state index in [-0.39, 0.29) is 11.3 Å². The van der Waals surface area contributed by atoms with E-state index in [0.717, 1.165) is 28.6 Å². The molecule has 0 amide bonds. The molecule has 1 aliphatic heterocycles. The molecule has 1 aliphatic rings. The predicted octanol–water partition coefficient (Wildman–Crippen LogP) is 3.17. The van der Waals surface area contributed by atoms with Gasteiger partial charge in [0, 0.05) is 15.5 Å². The Kier molecular flexibility index (Phi) is 7.39. The second kappa shape index (κ2) is 10.1. The van der Waals surface area contributed by atoms with E-state index in [4.69, 9.17) is 27.9 Å². The van der Waals surface area contributed by atoms with Crippen LogP contribution in [0.3, 0.4) is 0 Å². The molecule has 0 radical (unpaired) electrons. The van der Waals surface area contributed by atoms with Crippen molar-refractivity contribution >= 4 is 35.0 Å². The van der Waals surface area contributed by atoms with Crippen molar-refractivity contribution < 1.29 is 28.8 Å². The standard InChI is InChI=1S/C21H16Cl2F2N4O4S/c22-11-2-1-9(6-26)16(5-11)34-21-20(32)18(19(31)15(8-30)33-21)29-7-14(27-28-29)10-3-12(24)17(23)13(25)4-10/h1-5,7,15,18-21,30-32H,8H2/t15-,18+,19+,20-,21-/m1/s1. The number of aliphatic hydroxyl groups excluding tert-OH is 3. The first-order valence-corrected chi connectivity index (χ1v) is 11.4. The third kappa shape index (κ3) is 4.76. The number of aromatic nitrogens is 3. The van der Waals surface area contributed by atoms with E-state index in [2.05, 4.69) is 10.3 Å². The van der Waals surface area contributed by atoms with Gasteiger partial charge >= 0.3 is 0 Å². The Morgan fingerprint density at radius 2 is 1.85 bits per heavy atom. The van der Waals surface area contributed by atoms with Gasteiger partial charge in [-0.3, -0.25) is 0 Å². The van der Waals surface area contributed by atoms with Crippen molar-refractivity contribution in [3.8, 4) is 17.3 Å². The van der Waals surface area contributed by atoms with Gasteiger partial charge in [0.1, 0.15) is 58.2 Å². The van der Waals surface area contributed by atoms with E-state index in [1.54, 1.807) is 6.07 Å². The maximum atomic E-state index is 13.9. The van der Waals surface area contributed by atoms with E-state index in [1.165, 1.54) is 18.3 Å². The first-order chi connectivity index (χ1) is 16.2. The topological polar surface area (TPSA) is 124 Å². The number of hydrogen-bond acceptors (Lipinski definition) is 8. The molecule has 0 aliphatic carbocycles. The minimum absolute atomic E-state index is 0.0453. The fraction of sp³-hybridized carbons (Fsp3) is 0.286. The zero-order chi connectivity index (χ0) is 24.6. The van der Waals surface area contributed by atoms with Crippen LogP contribution in [0, 0.1) is 23.0 Å². The summed E-state index contributed by atoms with van der Waals surface area (Å²) in [7, 11) is 0. The Bertz CT molecular complexity index is 1230. The van der Waals surface area contributed by atoms with Crippen molar-refractivity contribution in [1.29, 1.82) is 5.26 Å². The van der Waals surface area contributed by atoms with Crippen LogP contribution in [0.2, 0.25) is 10.0 Å². The molecule has 1 saturated heterocycles. The Hall–Kier alpha value is -2.30. The molecule has 3 aromatic rings. The number of ether oxygens (including phenoxy) is 1. The smallest absolute Gasteiger partial charge is 0.145 e. The summed E-state index contributed by atoms with van der Waals surface area (Å²) in [5, 5.41) is 48.4. The summed E-state index contributed by atoms with van der Waals surface area (Å²) in [6, 6.07) is 7.44. The quantitative estimate of drug-likeness (QED) is 0.431. The van der Waals surface area contributed by atoms with E-state index < -0.39 is 53.1 Å². The highest BCUT2D eigenvalue weighted by molar-refractivity contribution is 7.99. The van der Waals surface area contributed by atoms with Gasteiger partial charge in [-0.1, -0.05) is 40.2 Å². The molecule has 2 aromatic carbocycles. The summed E-state index contributed by atoms with van der Waals surface area (Å²) in [6.45, 7) is -0.572. The average Bonchev–Trinajstić information content (AvgIpc) is 3.29. The van der Waals surface area contributed by atoms with Crippen LogP contribution >= 0.6 is 35.0 Å². The van der Waals surface area contributed by atoms with Gasteiger partial charge in [0.15, 0.2) is 0 Å². The summed E-state index contributed by atoms with van der Waals surface area (Å²) < 4.78 is 34.6. The Morgan fingerprint density at radius 1 is 1.15 bits per heavy atom. The molecule has 1 aromatic heterocycles. The van der Waals surface area contributed by atoms with Crippen molar-refractivity contribution in [2.24, 2.45) is 0 Å². The van der Waals surface area contributed by atoms with Crippen LogP contribution < -0.4 is 0 Å². The lowest BCUT2D eigenvalue weighted by Gasteiger charge is -2.41. The lowest BCUT2D eigenvalue weighted by atomic mass is 9.97. The summed E-state index contributed by atoms with van der Waals surface area (Å²) in [6.07, 6.45) is -2.60. The lowest BCUT2D eigenvalue weighted by molar-refractivity contribution is -0.178. The second-order valence-corrected chi connectivity index (χ2v) is 9.36. The van der Waals surface area contributed by atoms with Crippen LogP contribution in [0.1, 0.15) is 11.6 Å². The van der Waals surface area contributed by atoms with Crippen molar-refractivity contribution in [2.75, 3.05) is 6.61 Å². The first kappa shape index (κ1) is 24.8. The molecule has 34 heavy (non-hydrogen) atoms. The zero-order valence-electron chi connectivity index (χ0n) is 17.0. The number of benzene rings is 2. The molecule has 4 rings (SSSR count). The van der Waals surface area contributed by atoms with Gasteiger partial charge in [-0.15, -0.1) is 5.10 Å². The first-order valence-electron chi connectivity index (χ1n) is 9.79. The molecule has 178 valence electrons. The van der Waals surface area contributed by atoms with Gasteiger partial charge in [0.2, 0.25) is 0 Å². The van der Waals surface area contributed by atoms with Crippen LogP contribution in [0.4, 0.5) is 8.78 Å². The number of rotatable bonds is 5. The van der Waals surface area contributed by atoms with E-state index in [9.17, 15) is 29.4 Å². The summed E-state index contributed by atoms with van der Waals surface area (Å²) >= 11 is 12.5. The fourth-order valence-electron chi connectivity index (χ4n) is 3.55. The largest absolute Gasteiger partial charge is 0.394 e. The average molecular weight is 529 g/mol. The SMILES string of the molecule is N#Cc1ccc(Cl)cc1S[C@H]1O[C@H](CO)[C@H](O)[C@H](n2cc(-c3cc(F)c(Cl)c(F)c3)nn2)[C@H]1O. The van der Waals surface area contributed by atoms with Gasteiger partial charge < -0.3 is 20.1 Å². The Morgan fingerprint density at radius 3 is 2.50 bits per heavy atom. The molecule has 3 N–H and O–H groups in total. The summed E-state index contributed by atoms with van der Waals surface area (Å²) in [4.78, 5) is 0.428. The predicted molar refractivity (Wildman–Crippen MR) is 119 cm³/mol. The summed E-state index contributed by atoms with van der Waals surface area (Å²) in [5.41, 5.74) is -0.631. The summed E-state index contributed by atoms with van der Waals surface area (Å²) in [5.74, 6) is -1.96. The number of hydrogen-bond donors (Lipinski definition) is 3. The maximum Gasteiger partial charge on any atom is 0.145 e. The molecular weight excluding hydrogens is 513 g/mol. The van der Waals surface area contributed by atoms with Crippen LogP contribution in [-0.2, 0) is 4.74 Å². The van der Waals surface area contributed by atoms with E-state index in [0.29, 0.717) is 15.5 Å². The minimum Gasteiger partial charge on any atom is -0.394 e. The zero-order valence-corrected chi connectivity index (χ0v) is 19.3. The number of aliphatic hydroxyl groups is 3. The normalized spacial score (nSPS) is 24.7. The van der Waals surface area contributed by atoms with Gasteiger partial charge in [0.05, 0.1) is 18.4 Å². The van der Waals surface area contributed by atoms with Gasteiger partial charge in [-0.2, -0.15) is 5.26 Å². The molecule has 1 fully saturated rings. The molecular formula is C21H16Cl2F2N4O4S. The molecule has 0 unspecified atom stereocenters. The Labute approximate surface area is 206 Å². The van der Waals surface area contributed by atoms with Crippen molar-refractivity contribution in [2.45, 2.75) is 34.7 Å². The third-order valence-corrected chi connectivity index (χ3v) is 7.06. The molecule has 0 bridgehead atoms. The molecule has 2 heterocycles. The fourth-order valence-corrected chi connectivity index (χ4v) is 5.08. The van der Waals surface area contributed by atoms with Gasteiger partial charge in [-0.05, 0) is 30.3 Å². The van der Waals surface area contributed by atoms with Gasteiger partial charge in [-0.25, -0.2) is 13.5 Å². The van der Waals surface area contributed by atoms with Crippen LogP contribution in [0.15, 0.2) is 41.4 Å². The van der Waals surface area contributed by atoms with Gasteiger partial charge in [0.25, 0.3) is 0 Å². The third-order valence-electron chi connectivity index (χ3n) is 5.25. The monoisotopic (exact) mass is 528 g/mol.